The molecule has 1 unspecified atom stereocenters. The van der Waals surface area contributed by atoms with E-state index in [1.165, 1.54) is 12.5 Å². The zero-order valence-electron chi connectivity index (χ0n) is 8.61. The Morgan fingerprint density at radius 2 is 1.79 bits per heavy atom. The fourth-order valence-corrected chi connectivity index (χ4v) is 0.365. The molecule has 0 saturated carbocycles. The van der Waals surface area contributed by atoms with Crippen molar-refractivity contribution in [2.45, 2.75) is 19.6 Å². The predicted octanol–water partition coefficient (Wildman–Crippen LogP) is 1.38. The van der Waals surface area contributed by atoms with E-state index < -0.39 is 6.29 Å². The van der Waals surface area contributed by atoms with E-state index in [0.717, 1.165) is 0 Å². The minimum atomic E-state index is -0.618. The fraction of sp³-hybridized carbons (Fsp3) is 0.400. The lowest BCUT2D eigenvalue weighted by Gasteiger charge is -2.05. The molecule has 0 radical (unpaired) electrons. The van der Waals surface area contributed by atoms with Gasteiger partial charge in [-0.15, -0.1) is 6.58 Å². The van der Waals surface area contributed by atoms with Crippen LogP contribution in [0.4, 0.5) is 0 Å². The summed E-state index contributed by atoms with van der Waals surface area (Å²) in [5.41, 5.74) is 0. The van der Waals surface area contributed by atoms with Crippen LogP contribution in [0.5, 0.6) is 0 Å². The minimum absolute atomic E-state index is 0. The van der Waals surface area contributed by atoms with Crippen molar-refractivity contribution in [3.63, 3.8) is 0 Å². The first kappa shape index (κ1) is 18.6. The van der Waals surface area contributed by atoms with E-state index in [0.29, 0.717) is 13.0 Å². The molecule has 3 N–H and O–H groups in total. The summed E-state index contributed by atoms with van der Waals surface area (Å²) in [6.45, 7) is 12.2. The average Bonchev–Trinajstić information content (AvgIpc) is 2.16. The largest absolute Gasteiger partial charge is 0.474 e. The molecule has 0 rings (SSSR count). The van der Waals surface area contributed by atoms with E-state index in [9.17, 15) is 0 Å². The maximum Gasteiger partial charge on any atom is 0.154 e. The second kappa shape index (κ2) is 17.8. The Balaban J connectivity index is -0.000000177. The Hall–Kier alpha value is -1.10. The van der Waals surface area contributed by atoms with Gasteiger partial charge in [-0.25, -0.2) is 0 Å². The molecule has 0 aliphatic heterocycles. The van der Waals surface area contributed by atoms with Crippen molar-refractivity contribution in [2.24, 2.45) is 0 Å². The highest BCUT2D eigenvalue weighted by molar-refractivity contribution is 4.63. The monoisotopic (exact) mass is 204 g/mol. The van der Waals surface area contributed by atoms with Crippen molar-refractivity contribution in [3.8, 4) is 0 Å². The van der Waals surface area contributed by atoms with Crippen LogP contribution in [0.3, 0.4) is 0 Å². The summed E-state index contributed by atoms with van der Waals surface area (Å²) in [4.78, 5) is 0. The summed E-state index contributed by atoms with van der Waals surface area (Å²) < 4.78 is 9.14. The summed E-state index contributed by atoms with van der Waals surface area (Å²) in [6, 6.07) is 0. The molecular formula is C10H20O4. The zero-order valence-corrected chi connectivity index (χ0v) is 8.61. The van der Waals surface area contributed by atoms with E-state index in [1.807, 2.05) is 6.92 Å². The van der Waals surface area contributed by atoms with Crippen LogP contribution in [-0.2, 0) is 9.47 Å². The fourth-order valence-electron chi connectivity index (χ4n) is 0.365. The lowest BCUT2D eigenvalue weighted by Crippen LogP contribution is -2.09. The number of aliphatic hydroxyl groups excluding tert-OH is 1. The lowest BCUT2D eigenvalue weighted by atomic mass is 10.5. The highest BCUT2D eigenvalue weighted by atomic mass is 16.6. The van der Waals surface area contributed by atoms with Crippen molar-refractivity contribution in [1.29, 1.82) is 0 Å². The van der Waals surface area contributed by atoms with Gasteiger partial charge in [-0.3, -0.25) is 0 Å². The van der Waals surface area contributed by atoms with Crippen molar-refractivity contribution in [1.82, 2.24) is 0 Å². The SMILES string of the molecule is C=CCOC(O)CC.C=COC=C.O. The van der Waals surface area contributed by atoms with Crippen molar-refractivity contribution < 1.29 is 20.1 Å². The van der Waals surface area contributed by atoms with E-state index in [1.54, 1.807) is 6.08 Å². The van der Waals surface area contributed by atoms with E-state index >= 15 is 0 Å². The van der Waals surface area contributed by atoms with E-state index in [-0.39, 0.29) is 5.48 Å². The maximum absolute atomic E-state index is 8.72. The second-order valence-electron chi connectivity index (χ2n) is 1.95. The van der Waals surface area contributed by atoms with Crippen molar-refractivity contribution >= 4 is 0 Å². The number of rotatable bonds is 6. The summed E-state index contributed by atoms with van der Waals surface area (Å²) in [5.74, 6) is 0. The molecule has 0 aromatic heterocycles. The van der Waals surface area contributed by atoms with Gasteiger partial charge < -0.3 is 20.1 Å². The standard InChI is InChI=1S/C6H12O2.C4H6O.H2O/c1-3-5-8-6(7)4-2;1-3-5-4-2;/h3,6-7H,1,4-5H2,2H3;3-4H,1-2H2;1H2. The molecule has 0 amide bonds. The Bertz CT molecular complexity index is 128. The molecule has 0 saturated heterocycles. The normalized spacial score (nSPS) is 9.57. The first-order chi connectivity index (χ1) is 6.22. The van der Waals surface area contributed by atoms with Crippen LogP contribution in [0.25, 0.3) is 0 Å². The van der Waals surface area contributed by atoms with Gasteiger partial charge in [0.05, 0.1) is 19.1 Å². The van der Waals surface area contributed by atoms with Gasteiger partial charge in [-0.05, 0) is 6.42 Å². The Morgan fingerprint density at radius 1 is 1.29 bits per heavy atom. The quantitative estimate of drug-likeness (QED) is 0.403. The summed E-state index contributed by atoms with van der Waals surface area (Å²) in [5, 5.41) is 8.72. The van der Waals surface area contributed by atoms with Crippen LogP contribution >= 0.6 is 0 Å². The third-order valence-electron chi connectivity index (χ3n) is 0.948. The molecule has 0 bridgehead atoms. The molecule has 0 aromatic rings. The number of hydrogen-bond donors (Lipinski definition) is 1. The van der Waals surface area contributed by atoms with E-state index in [4.69, 9.17) is 9.84 Å². The van der Waals surface area contributed by atoms with Crippen LogP contribution in [0, 0.1) is 0 Å². The molecule has 1 atom stereocenters. The Labute approximate surface area is 85.5 Å². The van der Waals surface area contributed by atoms with Gasteiger partial charge in [0.25, 0.3) is 0 Å². The number of aliphatic hydroxyl groups is 1. The van der Waals surface area contributed by atoms with Gasteiger partial charge in [0.15, 0.2) is 6.29 Å². The van der Waals surface area contributed by atoms with Crippen LogP contribution < -0.4 is 0 Å². The predicted molar refractivity (Wildman–Crippen MR) is 57.5 cm³/mol. The molecule has 0 heterocycles. The van der Waals surface area contributed by atoms with Crippen LogP contribution in [0.1, 0.15) is 13.3 Å². The highest BCUT2D eigenvalue weighted by Gasteiger charge is 1.94. The lowest BCUT2D eigenvalue weighted by molar-refractivity contribution is -0.0896. The molecule has 84 valence electrons. The molecule has 0 aliphatic rings. The molecule has 0 spiro atoms. The third-order valence-corrected chi connectivity index (χ3v) is 0.948. The second-order valence-corrected chi connectivity index (χ2v) is 1.95. The summed E-state index contributed by atoms with van der Waals surface area (Å²) in [6.07, 6.45) is 4.25. The van der Waals surface area contributed by atoms with Crippen molar-refractivity contribution in [2.75, 3.05) is 6.61 Å². The first-order valence-electron chi connectivity index (χ1n) is 4.00. The molecule has 14 heavy (non-hydrogen) atoms. The van der Waals surface area contributed by atoms with Gasteiger partial charge >= 0.3 is 0 Å². The molecule has 0 aliphatic carbocycles. The first-order valence-corrected chi connectivity index (χ1v) is 4.00. The van der Waals surface area contributed by atoms with Gasteiger partial charge in [-0.2, -0.15) is 0 Å². The zero-order chi connectivity index (χ0) is 10.5. The van der Waals surface area contributed by atoms with Gasteiger partial charge in [0.1, 0.15) is 0 Å². The number of hydrogen-bond acceptors (Lipinski definition) is 3. The van der Waals surface area contributed by atoms with Crippen LogP contribution in [-0.4, -0.2) is 23.5 Å². The Kier molecular flexibility index (Phi) is 23.8. The maximum atomic E-state index is 8.72. The van der Waals surface area contributed by atoms with Gasteiger partial charge in [0.2, 0.25) is 0 Å². The number of ether oxygens (including phenoxy) is 2. The molecule has 0 fully saturated rings. The topological polar surface area (TPSA) is 70.2 Å². The summed E-state index contributed by atoms with van der Waals surface area (Å²) in [7, 11) is 0. The van der Waals surface area contributed by atoms with Crippen LogP contribution in [0.2, 0.25) is 0 Å². The van der Waals surface area contributed by atoms with Gasteiger partial charge in [0, 0.05) is 0 Å². The third kappa shape index (κ3) is 22.4. The van der Waals surface area contributed by atoms with E-state index in [2.05, 4.69) is 24.5 Å². The van der Waals surface area contributed by atoms with Crippen LogP contribution in [0.15, 0.2) is 38.3 Å². The summed E-state index contributed by atoms with van der Waals surface area (Å²) >= 11 is 0. The average molecular weight is 204 g/mol. The Morgan fingerprint density at radius 3 is 2.00 bits per heavy atom. The van der Waals surface area contributed by atoms with Crippen molar-refractivity contribution in [3.05, 3.63) is 38.3 Å². The van der Waals surface area contributed by atoms with Gasteiger partial charge in [-0.1, -0.05) is 26.2 Å². The highest BCUT2D eigenvalue weighted by Crippen LogP contribution is 1.90. The smallest absolute Gasteiger partial charge is 0.154 e. The molecule has 0 aromatic carbocycles. The molecule has 4 nitrogen and oxygen atoms in total. The minimum Gasteiger partial charge on any atom is -0.474 e. The molecule has 4 heteroatoms. The molecular weight excluding hydrogens is 184 g/mol.